The fourth-order valence-electron chi connectivity index (χ4n) is 1.27. The number of anilines is 1. The van der Waals surface area contributed by atoms with Gasteiger partial charge < -0.3 is 15.2 Å². The number of benzene rings is 1. The fourth-order valence-corrected chi connectivity index (χ4v) is 1.52. The molecule has 0 aliphatic rings. The first-order valence-electron chi connectivity index (χ1n) is 5.49. The molecule has 1 aromatic carbocycles. The minimum absolute atomic E-state index is 0.136. The van der Waals surface area contributed by atoms with Crippen molar-refractivity contribution in [3.8, 4) is 0 Å². The third-order valence-corrected chi connectivity index (χ3v) is 3.05. The second-order valence-corrected chi connectivity index (χ2v) is 4.56. The molecule has 1 unspecified atom stereocenters. The van der Waals surface area contributed by atoms with Gasteiger partial charge in [-0.25, -0.2) is 4.79 Å². The van der Waals surface area contributed by atoms with Gasteiger partial charge in [0.15, 0.2) is 0 Å². The molecule has 0 fully saturated rings. The van der Waals surface area contributed by atoms with Crippen LogP contribution < -0.4 is 5.32 Å². The molecular weight excluding hydrogens is 315 g/mol. The highest BCUT2D eigenvalue weighted by Gasteiger charge is 2.55. The summed E-state index contributed by atoms with van der Waals surface area (Å²) in [4.78, 5) is 22.9. The van der Waals surface area contributed by atoms with Gasteiger partial charge >= 0.3 is 12.1 Å². The number of carbonyl (C=O) groups is 2. The molecule has 0 saturated carbocycles. The molecule has 0 radical (unpaired) electrons. The highest BCUT2D eigenvalue weighted by Crippen LogP contribution is 2.33. The maximum atomic E-state index is 12.5. The molecule has 0 aliphatic heterocycles. The van der Waals surface area contributed by atoms with Crippen LogP contribution in [0.25, 0.3) is 0 Å². The highest BCUT2D eigenvalue weighted by atomic mass is 35.5. The van der Waals surface area contributed by atoms with Gasteiger partial charge in [-0.05, 0) is 19.1 Å². The Morgan fingerprint density at radius 1 is 1.33 bits per heavy atom. The van der Waals surface area contributed by atoms with Crippen LogP contribution >= 0.6 is 11.6 Å². The largest absolute Gasteiger partial charge is 0.465 e. The van der Waals surface area contributed by atoms with Crippen molar-refractivity contribution in [2.45, 2.75) is 18.7 Å². The number of ether oxygens (including phenoxy) is 1. The lowest BCUT2D eigenvalue weighted by atomic mass is 10.1. The van der Waals surface area contributed by atoms with Gasteiger partial charge in [0.25, 0.3) is 5.91 Å². The summed E-state index contributed by atoms with van der Waals surface area (Å²) in [6.07, 6.45) is -5.16. The number of hydrogen-bond acceptors (Lipinski definition) is 4. The Labute approximate surface area is 122 Å². The molecule has 9 heteroatoms. The minimum Gasteiger partial charge on any atom is -0.465 e. The summed E-state index contributed by atoms with van der Waals surface area (Å²) in [7, 11) is 1.10. The number of amides is 1. The Hall–Kier alpha value is -1.80. The zero-order valence-electron chi connectivity index (χ0n) is 10.9. The summed E-state index contributed by atoms with van der Waals surface area (Å²) in [5.74, 6) is -2.54. The fraction of sp³-hybridized carbons (Fsp3) is 0.333. The van der Waals surface area contributed by atoms with Crippen LogP contribution in [0.3, 0.4) is 0 Å². The molecule has 1 rings (SSSR count). The molecule has 0 aromatic heterocycles. The third kappa shape index (κ3) is 3.45. The maximum Gasteiger partial charge on any atom is 0.426 e. The lowest BCUT2D eigenvalue weighted by molar-refractivity contribution is -0.242. The van der Waals surface area contributed by atoms with Crippen molar-refractivity contribution < 1.29 is 32.6 Å². The summed E-state index contributed by atoms with van der Waals surface area (Å²) in [6.45, 7) is 0.306. The van der Waals surface area contributed by atoms with E-state index in [9.17, 15) is 27.9 Å². The van der Waals surface area contributed by atoms with Gasteiger partial charge in [-0.2, -0.15) is 13.2 Å². The lowest BCUT2D eigenvalue weighted by Crippen LogP contribution is -2.52. The summed E-state index contributed by atoms with van der Waals surface area (Å²) < 4.78 is 42.0. The van der Waals surface area contributed by atoms with Crippen molar-refractivity contribution in [2.24, 2.45) is 0 Å². The summed E-state index contributed by atoms with van der Waals surface area (Å²) >= 11 is 5.81. The predicted molar refractivity (Wildman–Crippen MR) is 68.1 cm³/mol. The number of alkyl halides is 3. The molecule has 0 heterocycles. The van der Waals surface area contributed by atoms with E-state index in [0.29, 0.717) is 6.92 Å². The summed E-state index contributed by atoms with van der Waals surface area (Å²) in [6, 6.07) is 3.74. The van der Waals surface area contributed by atoms with Crippen molar-refractivity contribution in [1.29, 1.82) is 0 Å². The number of methoxy groups -OCH3 is 1. The first kappa shape index (κ1) is 17.3. The number of rotatable bonds is 3. The summed E-state index contributed by atoms with van der Waals surface area (Å²) in [5, 5.41) is 10.8. The topological polar surface area (TPSA) is 75.6 Å². The van der Waals surface area contributed by atoms with E-state index < -0.39 is 23.7 Å². The van der Waals surface area contributed by atoms with Crippen LogP contribution in [-0.4, -0.2) is 35.9 Å². The smallest absolute Gasteiger partial charge is 0.426 e. The Morgan fingerprint density at radius 2 is 1.90 bits per heavy atom. The first-order valence-corrected chi connectivity index (χ1v) is 5.87. The van der Waals surface area contributed by atoms with Gasteiger partial charge in [-0.15, -0.1) is 0 Å². The van der Waals surface area contributed by atoms with Crippen molar-refractivity contribution in [1.82, 2.24) is 0 Å². The third-order valence-electron chi connectivity index (χ3n) is 2.65. The second kappa shape index (κ2) is 5.90. The van der Waals surface area contributed by atoms with E-state index in [1.54, 1.807) is 0 Å². The number of nitrogens with one attached hydrogen (secondary N) is 1. The van der Waals surface area contributed by atoms with Crippen LogP contribution in [0.1, 0.15) is 17.3 Å². The van der Waals surface area contributed by atoms with E-state index in [1.807, 2.05) is 5.32 Å². The highest BCUT2D eigenvalue weighted by molar-refractivity contribution is 6.36. The second-order valence-electron chi connectivity index (χ2n) is 4.18. The van der Waals surface area contributed by atoms with Crippen LogP contribution in [0.5, 0.6) is 0 Å². The molecule has 0 saturated heterocycles. The molecule has 0 bridgehead atoms. The van der Waals surface area contributed by atoms with Crippen molar-refractivity contribution in [3.05, 3.63) is 28.8 Å². The molecule has 1 amide bonds. The van der Waals surface area contributed by atoms with E-state index in [0.717, 1.165) is 7.11 Å². The average Bonchev–Trinajstić information content (AvgIpc) is 2.38. The van der Waals surface area contributed by atoms with E-state index >= 15 is 0 Å². The molecular formula is C12H11ClF3NO4. The van der Waals surface area contributed by atoms with Gasteiger partial charge in [0, 0.05) is 0 Å². The van der Waals surface area contributed by atoms with Crippen LogP contribution in [0.4, 0.5) is 18.9 Å². The Kier molecular flexibility index (Phi) is 4.85. The minimum atomic E-state index is -5.16. The Bertz CT molecular complexity index is 572. The van der Waals surface area contributed by atoms with Gasteiger partial charge in [-0.3, -0.25) is 4.79 Å². The zero-order chi connectivity index (χ0) is 16.4. The van der Waals surface area contributed by atoms with E-state index in [2.05, 4.69) is 4.74 Å². The predicted octanol–water partition coefficient (Wildman–Crippen LogP) is 2.38. The molecule has 1 atom stereocenters. The summed E-state index contributed by atoms with van der Waals surface area (Å²) in [5.41, 5.74) is -3.99. The quantitative estimate of drug-likeness (QED) is 0.837. The molecule has 2 N–H and O–H groups in total. The van der Waals surface area contributed by atoms with Gasteiger partial charge in [0.2, 0.25) is 5.60 Å². The van der Waals surface area contributed by atoms with Crippen LogP contribution in [-0.2, 0) is 9.53 Å². The maximum absolute atomic E-state index is 12.5. The lowest BCUT2D eigenvalue weighted by Gasteiger charge is -2.25. The van der Waals surface area contributed by atoms with E-state index in [1.165, 1.54) is 18.2 Å². The molecule has 1 aromatic rings. The number of carbonyl (C=O) groups excluding carboxylic acids is 2. The molecule has 116 valence electrons. The van der Waals surface area contributed by atoms with E-state index in [4.69, 9.17) is 11.6 Å². The van der Waals surface area contributed by atoms with Crippen molar-refractivity contribution >= 4 is 29.2 Å². The molecule has 0 aliphatic carbocycles. The Balaban J connectivity index is 3.10. The van der Waals surface area contributed by atoms with Gasteiger partial charge in [0.05, 0.1) is 23.4 Å². The molecule has 21 heavy (non-hydrogen) atoms. The van der Waals surface area contributed by atoms with Crippen molar-refractivity contribution in [2.75, 3.05) is 12.4 Å². The SMILES string of the molecule is COC(=O)c1cccc(NC(=O)C(C)(O)C(F)(F)F)c1Cl. The van der Waals surface area contributed by atoms with Crippen molar-refractivity contribution in [3.63, 3.8) is 0 Å². The first-order chi connectivity index (χ1) is 9.52. The molecule has 5 nitrogen and oxygen atoms in total. The number of aliphatic hydroxyl groups is 1. The number of esters is 1. The van der Waals surface area contributed by atoms with Crippen LogP contribution in [0.15, 0.2) is 18.2 Å². The Morgan fingerprint density at radius 3 is 2.38 bits per heavy atom. The monoisotopic (exact) mass is 325 g/mol. The number of hydrogen-bond donors (Lipinski definition) is 2. The van der Waals surface area contributed by atoms with Crippen LogP contribution in [0.2, 0.25) is 5.02 Å². The van der Waals surface area contributed by atoms with Crippen LogP contribution in [0, 0.1) is 0 Å². The van der Waals surface area contributed by atoms with Gasteiger partial charge in [0.1, 0.15) is 0 Å². The number of halogens is 4. The van der Waals surface area contributed by atoms with Gasteiger partial charge in [-0.1, -0.05) is 17.7 Å². The average molecular weight is 326 g/mol. The normalized spacial score (nSPS) is 14.2. The zero-order valence-corrected chi connectivity index (χ0v) is 11.7. The standard InChI is InChI=1S/C12H11ClF3NO4/c1-11(20,12(14,15)16)10(19)17-7-5-3-4-6(8(7)13)9(18)21-2/h3-5,20H,1-2H3,(H,17,19). The van der Waals surface area contributed by atoms with E-state index in [-0.39, 0.29) is 16.3 Å². The molecule has 0 spiro atoms.